The second-order valence-corrected chi connectivity index (χ2v) is 9.32. The zero-order chi connectivity index (χ0) is 26.5. The lowest BCUT2D eigenvalue weighted by molar-refractivity contribution is -0.385. The van der Waals surface area contributed by atoms with Crippen LogP contribution in [-0.4, -0.2) is 26.4 Å². The number of nitro benzene ring substituents is 1. The van der Waals surface area contributed by atoms with E-state index in [9.17, 15) is 28.6 Å². The number of nitriles is 1. The van der Waals surface area contributed by atoms with Crippen molar-refractivity contribution in [3.63, 3.8) is 0 Å². The van der Waals surface area contributed by atoms with E-state index < -0.39 is 31.5 Å². The third kappa shape index (κ3) is 6.31. The van der Waals surface area contributed by atoms with Crippen molar-refractivity contribution in [2.24, 2.45) is 0 Å². The first-order valence-electron chi connectivity index (χ1n) is 9.79. The highest BCUT2D eigenvalue weighted by molar-refractivity contribution is 7.87. The molecule has 1 amide bonds. The summed E-state index contributed by atoms with van der Waals surface area (Å²) >= 11 is 11.8. The van der Waals surface area contributed by atoms with Gasteiger partial charge in [0.15, 0.2) is 11.5 Å². The van der Waals surface area contributed by atoms with Crippen molar-refractivity contribution in [1.82, 2.24) is 0 Å². The molecule has 10 nitrogen and oxygen atoms in total. The minimum absolute atomic E-state index is 0.0278. The molecular formula is C23H15Cl2N3O7S. The SMILES string of the molecule is COc1cc(/C=C(/C#N)C(=O)Nc2ccc(Cl)c(Cl)c2)ccc1OS(=O)(=O)c1cccc([N+](=O)[O-])c1. The Hall–Kier alpha value is -4.11. The van der Waals surface area contributed by atoms with Crippen molar-refractivity contribution < 1.29 is 27.1 Å². The number of methoxy groups -OCH3 is 1. The standard InChI is InChI=1S/C23H15Cl2N3O7S/c1-34-22-10-14(9-15(13-26)23(29)27-16-6-7-19(24)20(25)11-16)5-8-21(22)35-36(32,33)18-4-2-3-17(12-18)28(30)31/h2-12H,1H3,(H,27,29)/b15-9-. The third-order valence-corrected chi connectivity index (χ3v) is 6.53. The van der Waals surface area contributed by atoms with Crippen LogP contribution in [0.5, 0.6) is 11.5 Å². The Balaban J connectivity index is 1.86. The van der Waals surface area contributed by atoms with Gasteiger partial charge in [-0.1, -0.05) is 35.3 Å². The van der Waals surface area contributed by atoms with Gasteiger partial charge in [0.2, 0.25) is 0 Å². The molecule has 36 heavy (non-hydrogen) atoms. The number of carbonyl (C=O) groups excluding carboxylic acids is 1. The topological polar surface area (TPSA) is 149 Å². The van der Waals surface area contributed by atoms with Crippen LogP contribution in [0.3, 0.4) is 0 Å². The van der Waals surface area contributed by atoms with Crippen molar-refractivity contribution in [2.75, 3.05) is 12.4 Å². The van der Waals surface area contributed by atoms with Crippen molar-refractivity contribution >= 4 is 56.7 Å². The summed E-state index contributed by atoms with van der Waals surface area (Å²) in [4.78, 5) is 22.3. The van der Waals surface area contributed by atoms with Crippen LogP contribution in [0.15, 0.2) is 71.1 Å². The van der Waals surface area contributed by atoms with Crippen LogP contribution in [0.25, 0.3) is 6.08 Å². The van der Waals surface area contributed by atoms with Crippen LogP contribution in [0.4, 0.5) is 11.4 Å². The molecule has 0 saturated carbocycles. The van der Waals surface area contributed by atoms with Crippen molar-refractivity contribution in [3.8, 4) is 17.6 Å². The van der Waals surface area contributed by atoms with Crippen LogP contribution in [-0.2, 0) is 14.9 Å². The first-order valence-corrected chi connectivity index (χ1v) is 12.0. The molecule has 0 aliphatic carbocycles. The third-order valence-electron chi connectivity index (χ3n) is 4.56. The molecule has 0 aliphatic rings. The molecule has 0 spiro atoms. The van der Waals surface area contributed by atoms with Gasteiger partial charge in [-0.25, -0.2) is 0 Å². The minimum atomic E-state index is -4.43. The van der Waals surface area contributed by atoms with E-state index in [2.05, 4.69) is 5.32 Å². The quantitative estimate of drug-likeness (QED) is 0.132. The second kappa shape index (κ2) is 11.1. The molecular weight excluding hydrogens is 533 g/mol. The number of carbonyl (C=O) groups is 1. The van der Waals surface area contributed by atoms with Gasteiger partial charge in [0, 0.05) is 17.8 Å². The average Bonchev–Trinajstić information content (AvgIpc) is 2.85. The molecule has 3 aromatic carbocycles. The Kier molecular flexibility index (Phi) is 8.16. The summed E-state index contributed by atoms with van der Waals surface area (Å²) in [5.41, 5.74) is -0.0349. The lowest BCUT2D eigenvalue weighted by atomic mass is 10.1. The van der Waals surface area contributed by atoms with Gasteiger partial charge in [0.25, 0.3) is 11.6 Å². The maximum absolute atomic E-state index is 12.6. The molecule has 0 heterocycles. The number of benzene rings is 3. The number of anilines is 1. The number of nitrogens with zero attached hydrogens (tertiary/aromatic N) is 2. The van der Waals surface area contributed by atoms with Crippen LogP contribution in [0, 0.1) is 21.4 Å². The maximum atomic E-state index is 12.6. The van der Waals surface area contributed by atoms with Gasteiger partial charge in [-0.15, -0.1) is 0 Å². The van der Waals surface area contributed by atoms with E-state index >= 15 is 0 Å². The molecule has 0 radical (unpaired) electrons. The Morgan fingerprint density at radius 1 is 1.08 bits per heavy atom. The van der Waals surface area contributed by atoms with Crippen molar-refractivity contribution in [1.29, 1.82) is 5.26 Å². The predicted octanol–water partition coefficient (Wildman–Crippen LogP) is 5.22. The Morgan fingerprint density at radius 3 is 2.47 bits per heavy atom. The molecule has 3 rings (SSSR count). The van der Waals surface area contributed by atoms with Gasteiger partial charge in [0.05, 0.1) is 22.1 Å². The number of hydrogen-bond donors (Lipinski definition) is 1. The number of non-ortho nitro benzene ring substituents is 1. The molecule has 13 heteroatoms. The van der Waals surface area contributed by atoms with Crippen LogP contribution < -0.4 is 14.2 Å². The van der Waals surface area contributed by atoms with Crippen LogP contribution >= 0.6 is 23.2 Å². The minimum Gasteiger partial charge on any atom is -0.493 e. The van der Waals surface area contributed by atoms with E-state index in [1.165, 1.54) is 55.7 Å². The van der Waals surface area contributed by atoms with Gasteiger partial charge in [-0.3, -0.25) is 14.9 Å². The van der Waals surface area contributed by atoms with E-state index in [1.54, 1.807) is 6.07 Å². The number of nitro groups is 1. The lowest BCUT2D eigenvalue weighted by Gasteiger charge is -2.11. The summed E-state index contributed by atoms with van der Waals surface area (Å²) in [5, 5.41) is 23.4. The van der Waals surface area contributed by atoms with Gasteiger partial charge < -0.3 is 14.2 Å². The van der Waals surface area contributed by atoms with Crippen LogP contribution in [0.1, 0.15) is 5.56 Å². The predicted molar refractivity (Wildman–Crippen MR) is 133 cm³/mol. The van der Waals surface area contributed by atoms with Gasteiger partial charge in [-0.05, 0) is 48.0 Å². The molecule has 1 N–H and O–H groups in total. The first kappa shape index (κ1) is 26.5. The zero-order valence-corrected chi connectivity index (χ0v) is 20.6. The highest BCUT2D eigenvalue weighted by Gasteiger charge is 2.22. The molecule has 184 valence electrons. The smallest absolute Gasteiger partial charge is 0.339 e. The first-order chi connectivity index (χ1) is 17.0. The fourth-order valence-corrected chi connectivity index (χ4v) is 4.13. The lowest BCUT2D eigenvalue weighted by Crippen LogP contribution is -2.13. The number of rotatable bonds is 8. The molecule has 3 aromatic rings. The van der Waals surface area contributed by atoms with E-state index in [4.69, 9.17) is 32.1 Å². The van der Waals surface area contributed by atoms with Crippen molar-refractivity contribution in [2.45, 2.75) is 4.90 Å². The van der Waals surface area contributed by atoms with Crippen LogP contribution in [0.2, 0.25) is 10.0 Å². The molecule has 0 bridgehead atoms. The Bertz CT molecular complexity index is 1530. The van der Waals surface area contributed by atoms with E-state index in [0.717, 1.165) is 18.2 Å². The zero-order valence-electron chi connectivity index (χ0n) is 18.3. The number of halogens is 2. The molecule has 0 aliphatic heterocycles. The number of nitrogens with one attached hydrogen (secondary N) is 1. The summed E-state index contributed by atoms with van der Waals surface area (Å²) in [7, 11) is -3.17. The fourth-order valence-electron chi connectivity index (χ4n) is 2.85. The van der Waals surface area contributed by atoms with Gasteiger partial charge >= 0.3 is 10.1 Å². The summed E-state index contributed by atoms with van der Waals surface area (Å²) < 4.78 is 35.6. The maximum Gasteiger partial charge on any atom is 0.339 e. The van der Waals surface area contributed by atoms with Gasteiger partial charge in [-0.2, -0.15) is 13.7 Å². The highest BCUT2D eigenvalue weighted by Crippen LogP contribution is 2.32. The fraction of sp³-hybridized carbons (Fsp3) is 0.0435. The Morgan fingerprint density at radius 2 is 1.83 bits per heavy atom. The largest absolute Gasteiger partial charge is 0.493 e. The molecule has 0 saturated heterocycles. The normalized spacial score (nSPS) is 11.3. The summed E-state index contributed by atoms with van der Waals surface area (Å²) in [6.07, 6.45) is 1.26. The van der Waals surface area contributed by atoms with E-state index in [1.807, 2.05) is 0 Å². The summed E-state index contributed by atoms with van der Waals surface area (Å²) in [6, 6.07) is 14.6. The van der Waals surface area contributed by atoms with E-state index in [-0.39, 0.29) is 22.1 Å². The van der Waals surface area contributed by atoms with E-state index in [0.29, 0.717) is 16.3 Å². The molecule has 0 unspecified atom stereocenters. The molecule has 0 aromatic heterocycles. The highest BCUT2D eigenvalue weighted by atomic mass is 35.5. The summed E-state index contributed by atoms with van der Waals surface area (Å²) in [5.74, 6) is -0.955. The monoisotopic (exact) mass is 547 g/mol. The van der Waals surface area contributed by atoms with Crippen molar-refractivity contribution in [3.05, 3.63) is 92.0 Å². The number of amides is 1. The second-order valence-electron chi connectivity index (χ2n) is 6.96. The number of ether oxygens (including phenoxy) is 1. The summed E-state index contributed by atoms with van der Waals surface area (Å²) in [6.45, 7) is 0. The average molecular weight is 548 g/mol. The van der Waals surface area contributed by atoms with Gasteiger partial charge in [0.1, 0.15) is 16.5 Å². The molecule has 0 fully saturated rings. The Labute approximate surface area is 215 Å². The molecule has 0 atom stereocenters. The number of hydrogen-bond acceptors (Lipinski definition) is 8.